The molecule has 0 fully saturated rings. The van der Waals surface area contributed by atoms with Gasteiger partial charge in [-0.3, -0.25) is 4.79 Å². The van der Waals surface area contributed by atoms with Crippen LogP contribution in [-0.4, -0.2) is 18.5 Å². The SMILES string of the molecule is CC(C)CNC(=O)C(C)Nc1cccc(C#N)c1N. The van der Waals surface area contributed by atoms with Gasteiger partial charge in [-0.25, -0.2) is 0 Å². The van der Waals surface area contributed by atoms with Crippen LogP contribution in [0.25, 0.3) is 0 Å². The maximum Gasteiger partial charge on any atom is 0.242 e. The Morgan fingerprint density at radius 2 is 2.11 bits per heavy atom. The lowest BCUT2D eigenvalue weighted by Gasteiger charge is -2.17. The number of carbonyl (C=O) groups excluding carboxylic acids is 1. The van der Waals surface area contributed by atoms with Crippen LogP contribution in [0.1, 0.15) is 26.3 Å². The zero-order valence-corrected chi connectivity index (χ0v) is 11.5. The number of para-hydroxylation sites is 1. The monoisotopic (exact) mass is 260 g/mol. The Labute approximate surface area is 113 Å². The Kier molecular flexibility index (Phi) is 5.19. The predicted molar refractivity (Wildman–Crippen MR) is 76.5 cm³/mol. The Hall–Kier alpha value is -2.22. The maximum absolute atomic E-state index is 11.8. The van der Waals surface area contributed by atoms with Gasteiger partial charge in [-0.15, -0.1) is 0 Å². The van der Waals surface area contributed by atoms with Crippen LogP contribution < -0.4 is 16.4 Å². The van der Waals surface area contributed by atoms with E-state index in [1.807, 2.05) is 19.9 Å². The van der Waals surface area contributed by atoms with Crippen molar-refractivity contribution in [3.05, 3.63) is 23.8 Å². The van der Waals surface area contributed by atoms with Crippen LogP contribution in [0.3, 0.4) is 0 Å². The third-order valence-electron chi connectivity index (χ3n) is 2.68. The summed E-state index contributed by atoms with van der Waals surface area (Å²) in [6, 6.07) is 6.73. The molecule has 0 aliphatic heterocycles. The number of amides is 1. The highest BCUT2D eigenvalue weighted by atomic mass is 16.2. The number of nitrogens with zero attached hydrogens (tertiary/aromatic N) is 1. The largest absolute Gasteiger partial charge is 0.396 e. The molecule has 0 bridgehead atoms. The molecule has 1 atom stereocenters. The third kappa shape index (κ3) is 4.18. The topological polar surface area (TPSA) is 90.9 Å². The molecule has 0 spiro atoms. The summed E-state index contributed by atoms with van der Waals surface area (Å²) in [7, 11) is 0. The lowest BCUT2D eigenvalue weighted by atomic mass is 10.1. The number of nitrogens with one attached hydrogen (secondary N) is 2. The number of nitriles is 1. The highest BCUT2D eigenvalue weighted by molar-refractivity contribution is 5.86. The summed E-state index contributed by atoms with van der Waals surface area (Å²) in [4.78, 5) is 11.8. The first-order valence-corrected chi connectivity index (χ1v) is 6.28. The van der Waals surface area contributed by atoms with Crippen molar-refractivity contribution in [3.63, 3.8) is 0 Å². The first kappa shape index (κ1) is 14.8. The molecule has 19 heavy (non-hydrogen) atoms. The van der Waals surface area contributed by atoms with E-state index in [0.717, 1.165) is 0 Å². The molecular formula is C14H20N4O. The molecule has 5 heteroatoms. The number of hydrogen-bond acceptors (Lipinski definition) is 4. The van der Waals surface area contributed by atoms with Crippen molar-refractivity contribution in [2.24, 2.45) is 5.92 Å². The minimum atomic E-state index is -0.407. The van der Waals surface area contributed by atoms with Gasteiger partial charge in [0, 0.05) is 6.54 Å². The fourth-order valence-corrected chi connectivity index (χ4v) is 1.55. The summed E-state index contributed by atoms with van der Waals surface area (Å²) in [5.74, 6) is 0.318. The van der Waals surface area contributed by atoms with Gasteiger partial charge in [0.15, 0.2) is 0 Å². The lowest BCUT2D eigenvalue weighted by molar-refractivity contribution is -0.121. The van der Waals surface area contributed by atoms with Gasteiger partial charge in [-0.2, -0.15) is 5.26 Å². The summed E-state index contributed by atoms with van der Waals surface area (Å²) in [6.45, 7) is 6.46. The third-order valence-corrected chi connectivity index (χ3v) is 2.68. The van der Waals surface area contributed by atoms with Crippen LogP contribution >= 0.6 is 0 Å². The van der Waals surface area contributed by atoms with E-state index in [1.54, 1.807) is 25.1 Å². The molecule has 102 valence electrons. The summed E-state index contributed by atoms with van der Waals surface area (Å²) >= 11 is 0. The molecule has 4 N–H and O–H groups in total. The van der Waals surface area contributed by atoms with E-state index in [-0.39, 0.29) is 5.91 Å². The van der Waals surface area contributed by atoms with Gasteiger partial charge in [0.25, 0.3) is 0 Å². The molecule has 1 amide bonds. The molecule has 1 rings (SSSR count). The number of hydrogen-bond donors (Lipinski definition) is 3. The van der Waals surface area contributed by atoms with Crippen molar-refractivity contribution in [1.29, 1.82) is 5.26 Å². The van der Waals surface area contributed by atoms with E-state index >= 15 is 0 Å². The van der Waals surface area contributed by atoms with E-state index in [2.05, 4.69) is 10.6 Å². The number of carbonyl (C=O) groups is 1. The fraction of sp³-hybridized carbons (Fsp3) is 0.429. The second kappa shape index (κ2) is 6.64. The summed E-state index contributed by atoms with van der Waals surface area (Å²) in [5.41, 5.74) is 7.22. The maximum atomic E-state index is 11.8. The Morgan fingerprint density at radius 1 is 1.42 bits per heavy atom. The molecule has 0 saturated heterocycles. The molecular weight excluding hydrogens is 240 g/mol. The van der Waals surface area contributed by atoms with E-state index in [0.29, 0.717) is 29.4 Å². The molecule has 0 aromatic heterocycles. The lowest BCUT2D eigenvalue weighted by Crippen LogP contribution is -2.39. The molecule has 0 heterocycles. The quantitative estimate of drug-likeness (QED) is 0.703. The standard InChI is InChI=1S/C14H20N4O/c1-9(2)8-17-14(19)10(3)18-12-6-4-5-11(7-15)13(12)16/h4-6,9-10,18H,8,16H2,1-3H3,(H,17,19). The van der Waals surface area contributed by atoms with E-state index in [9.17, 15) is 4.79 Å². The fourth-order valence-electron chi connectivity index (χ4n) is 1.55. The van der Waals surface area contributed by atoms with Crippen molar-refractivity contribution in [3.8, 4) is 6.07 Å². The molecule has 0 saturated carbocycles. The highest BCUT2D eigenvalue weighted by Crippen LogP contribution is 2.22. The molecule has 1 unspecified atom stereocenters. The van der Waals surface area contributed by atoms with E-state index in [1.165, 1.54) is 0 Å². The number of rotatable bonds is 5. The number of anilines is 2. The van der Waals surface area contributed by atoms with Crippen molar-refractivity contribution < 1.29 is 4.79 Å². The van der Waals surface area contributed by atoms with Gasteiger partial charge in [-0.05, 0) is 25.0 Å². The zero-order chi connectivity index (χ0) is 14.4. The van der Waals surface area contributed by atoms with Crippen molar-refractivity contribution in [1.82, 2.24) is 5.32 Å². The minimum Gasteiger partial charge on any atom is -0.396 e. The number of benzene rings is 1. The Morgan fingerprint density at radius 3 is 2.68 bits per heavy atom. The van der Waals surface area contributed by atoms with Gasteiger partial charge < -0.3 is 16.4 Å². The average molecular weight is 260 g/mol. The van der Waals surface area contributed by atoms with Gasteiger partial charge >= 0.3 is 0 Å². The predicted octanol–water partition coefficient (Wildman–Crippen LogP) is 1.71. The number of nitrogens with two attached hydrogens (primary N) is 1. The first-order valence-electron chi connectivity index (χ1n) is 6.28. The van der Waals surface area contributed by atoms with Gasteiger partial charge in [0.05, 0.1) is 16.9 Å². The van der Waals surface area contributed by atoms with Crippen LogP contribution in [0.5, 0.6) is 0 Å². The minimum absolute atomic E-state index is 0.0875. The van der Waals surface area contributed by atoms with Crippen molar-refractivity contribution in [2.45, 2.75) is 26.8 Å². The average Bonchev–Trinajstić information content (AvgIpc) is 2.38. The highest BCUT2D eigenvalue weighted by Gasteiger charge is 2.14. The van der Waals surface area contributed by atoms with Crippen LogP contribution in [-0.2, 0) is 4.79 Å². The second-order valence-corrected chi connectivity index (χ2v) is 4.88. The Bertz CT molecular complexity index is 491. The summed E-state index contributed by atoms with van der Waals surface area (Å²) in [5, 5.41) is 14.8. The van der Waals surface area contributed by atoms with Gasteiger partial charge in [-0.1, -0.05) is 19.9 Å². The van der Waals surface area contributed by atoms with Crippen molar-refractivity contribution >= 4 is 17.3 Å². The van der Waals surface area contributed by atoms with E-state index < -0.39 is 6.04 Å². The zero-order valence-electron chi connectivity index (χ0n) is 11.5. The van der Waals surface area contributed by atoms with Crippen LogP contribution in [0.4, 0.5) is 11.4 Å². The van der Waals surface area contributed by atoms with Crippen LogP contribution in [0, 0.1) is 17.2 Å². The van der Waals surface area contributed by atoms with Crippen LogP contribution in [0.15, 0.2) is 18.2 Å². The van der Waals surface area contributed by atoms with Crippen molar-refractivity contribution in [2.75, 3.05) is 17.6 Å². The molecule has 1 aromatic rings. The second-order valence-electron chi connectivity index (χ2n) is 4.88. The normalized spacial score (nSPS) is 11.7. The van der Waals surface area contributed by atoms with E-state index in [4.69, 9.17) is 11.0 Å². The molecule has 0 radical (unpaired) electrons. The molecule has 1 aromatic carbocycles. The summed E-state index contributed by atoms with van der Waals surface area (Å²) < 4.78 is 0. The molecule has 0 aliphatic carbocycles. The van der Waals surface area contributed by atoms with Gasteiger partial charge in [0.2, 0.25) is 5.91 Å². The molecule has 0 aliphatic rings. The first-order chi connectivity index (χ1) is 8.95. The smallest absolute Gasteiger partial charge is 0.242 e. The van der Waals surface area contributed by atoms with Crippen LogP contribution in [0.2, 0.25) is 0 Å². The Balaban J connectivity index is 2.69. The summed E-state index contributed by atoms with van der Waals surface area (Å²) in [6.07, 6.45) is 0. The molecule has 5 nitrogen and oxygen atoms in total. The van der Waals surface area contributed by atoms with Gasteiger partial charge in [0.1, 0.15) is 12.1 Å². The number of nitrogen functional groups attached to an aromatic ring is 1.